The molecule has 2 heterocycles. The molecule has 0 bridgehead atoms. The van der Waals surface area contributed by atoms with Crippen molar-refractivity contribution < 1.29 is 33.6 Å². The van der Waals surface area contributed by atoms with E-state index in [1.165, 1.54) is 5.70 Å². The number of carbonyl (C=O) groups excluding carboxylic acids is 1. The van der Waals surface area contributed by atoms with E-state index < -0.39 is 5.97 Å². The number of unbranched alkanes of at least 4 members (excludes halogenated alkanes) is 5. The van der Waals surface area contributed by atoms with Gasteiger partial charge in [0.1, 0.15) is 12.1 Å². The summed E-state index contributed by atoms with van der Waals surface area (Å²) < 4.78 is 22.7. The van der Waals surface area contributed by atoms with Gasteiger partial charge in [-0.1, -0.05) is 57.4 Å². The van der Waals surface area contributed by atoms with Crippen LogP contribution in [0, 0.1) is 11.8 Å². The summed E-state index contributed by atoms with van der Waals surface area (Å²) in [5.74, 6) is 0.951. The summed E-state index contributed by atoms with van der Waals surface area (Å²) in [5.41, 5.74) is 4.77. The number of carboxylic acid groups (broad SMARTS) is 1. The second-order valence-electron chi connectivity index (χ2n) is 15.2. The number of carbonyl (C=O) groups is 2. The van der Waals surface area contributed by atoms with Crippen LogP contribution in [0.4, 0.5) is 5.69 Å². The molecule has 0 saturated carbocycles. The maximum Gasteiger partial charge on any atom is 0.303 e. The van der Waals surface area contributed by atoms with Crippen molar-refractivity contribution in [3.63, 3.8) is 0 Å². The topological polar surface area (TPSA) is 144 Å². The normalized spacial score (nSPS) is 17.3. The van der Waals surface area contributed by atoms with Gasteiger partial charge in [0.05, 0.1) is 57.4 Å². The lowest BCUT2D eigenvalue weighted by atomic mass is 9.82. The lowest BCUT2D eigenvalue weighted by Gasteiger charge is -2.37. The Morgan fingerprint density at radius 3 is 2.21 bits per heavy atom. The highest BCUT2D eigenvalue weighted by Gasteiger charge is 2.33. The molecule has 0 saturated heterocycles. The van der Waals surface area contributed by atoms with Gasteiger partial charge in [-0.15, -0.1) is 0 Å². The van der Waals surface area contributed by atoms with E-state index in [1.807, 2.05) is 67.7 Å². The highest BCUT2D eigenvalue weighted by Crippen LogP contribution is 2.40. The number of aromatic nitrogens is 2. The quantitative estimate of drug-likeness (QED) is 0.0607. The number of nitrogens with zero attached hydrogens (tertiary/aromatic N) is 3. The maximum absolute atomic E-state index is 13.3. The molecule has 2 aromatic carbocycles. The third-order valence-corrected chi connectivity index (χ3v) is 10.8. The zero-order valence-corrected chi connectivity index (χ0v) is 35.2. The third kappa shape index (κ3) is 16.4. The molecule has 4 rings (SSSR count). The Morgan fingerprint density at radius 2 is 1.55 bits per heavy atom. The lowest BCUT2D eigenvalue weighted by Crippen LogP contribution is -2.33. The number of benzene rings is 2. The third-order valence-electron chi connectivity index (χ3n) is 10.8. The highest BCUT2D eigenvalue weighted by atomic mass is 16.5. The van der Waals surface area contributed by atoms with Crippen LogP contribution in [0.15, 0.2) is 78.9 Å². The Labute approximate surface area is 346 Å². The summed E-state index contributed by atoms with van der Waals surface area (Å²) in [6, 6.07) is 17.7. The monoisotopic (exact) mass is 802 g/mol. The minimum Gasteiger partial charge on any atom is -0.494 e. The largest absolute Gasteiger partial charge is 0.494 e. The maximum atomic E-state index is 13.3. The molecule has 4 atom stereocenters. The fourth-order valence-electron chi connectivity index (χ4n) is 7.36. The summed E-state index contributed by atoms with van der Waals surface area (Å²) in [5, 5.41) is 15.4. The average Bonchev–Trinajstić information content (AvgIpc) is 3.35. The second-order valence-corrected chi connectivity index (χ2v) is 15.2. The van der Waals surface area contributed by atoms with Crippen LogP contribution >= 0.6 is 0 Å². The summed E-state index contributed by atoms with van der Waals surface area (Å²) in [6.07, 6.45) is 14.7. The van der Waals surface area contributed by atoms with E-state index in [0.29, 0.717) is 70.0 Å². The van der Waals surface area contributed by atoms with E-state index in [1.54, 1.807) is 6.33 Å². The molecule has 3 aromatic rings. The molecule has 3 unspecified atom stereocenters. The number of ether oxygens (including phenoxy) is 4. The van der Waals surface area contributed by atoms with Crippen LogP contribution in [0.25, 0.3) is 0 Å². The Bertz CT molecular complexity index is 1640. The molecule has 0 radical (unpaired) electrons. The van der Waals surface area contributed by atoms with E-state index in [0.717, 1.165) is 80.7 Å². The van der Waals surface area contributed by atoms with E-state index in [9.17, 15) is 9.59 Å². The van der Waals surface area contributed by atoms with Gasteiger partial charge >= 0.3 is 5.97 Å². The van der Waals surface area contributed by atoms with Crippen molar-refractivity contribution in [2.75, 3.05) is 65.2 Å². The first-order chi connectivity index (χ1) is 28.3. The van der Waals surface area contributed by atoms with Crippen LogP contribution in [-0.4, -0.2) is 91.7 Å². The van der Waals surface area contributed by atoms with Crippen molar-refractivity contribution in [3.8, 4) is 5.75 Å². The fraction of sp³-hybridized carbons (Fsp3) is 0.565. The molecule has 12 heteroatoms. The standard InChI is InChI=1S/C46H67N5O7/c1-5-42-35(2)17-20-40(51(4)45(42)43-23-24-47-34-49-43)33-48-39-15-13-14-38(32-39)46(54)50-36(3)37-18-21-41(22-19-37)58-27-12-7-6-10-25-55-28-30-57-31-29-56-26-11-8-9-16-44(52)53/h13-15,18-24,32,34-36,42,45,48H,5-12,16-17,25-31,33H2,1-4H3,(H,50,54)(H,52,53)/t35?,36-,42?,45?/m1/s1. The lowest BCUT2D eigenvalue weighted by molar-refractivity contribution is -0.137. The number of aliphatic carboxylic acids is 1. The van der Waals surface area contributed by atoms with Crippen molar-refractivity contribution in [2.24, 2.45) is 11.8 Å². The Hall–Kier alpha value is -4.52. The van der Waals surface area contributed by atoms with Gasteiger partial charge in [-0.3, -0.25) is 9.59 Å². The average molecular weight is 802 g/mol. The molecule has 0 spiro atoms. The predicted molar refractivity (Wildman–Crippen MR) is 228 cm³/mol. The zero-order valence-electron chi connectivity index (χ0n) is 35.2. The van der Waals surface area contributed by atoms with Crippen LogP contribution in [0.1, 0.15) is 119 Å². The zero-order chi connectivity index (χ0) is 41.4. The van der Waals surface area contributed by atoms with Gasteiger partial charge in [-0.25, -0.2) is 9.97 Å². The summed E-state index contributed by atoms with van der Waals surface area (Å²) in [6.45, 7) is 11.5. The summed E-state index contributed by atoms with van der Waals surface area (Å²) in [4.78, 5) is 35.0. The summed E-state index contributed by atoms with van der Waals surface area (Å²) in [7, 11) is 2.16. The molecule has 1 amide bonds. The van der Waals surface area contributed by atoms with Gasteiger partial charge < -0.3 is 39.6 Å². The fourth-order valence-corrected chi connectivity index (χ4v) is 7.36. The minimum atomic E-state index is -0.744. The highest BCUT2D eigenvalue weighted by molar-refractivity contribution is 5.95. The molecule has 58 heavy (non-hydrogen) atoms. The molecule has 12 nitrogen and oxygen atoms in total. The van der Waals surface area contributed by atoms with Crippen LogP contribution in [0.2, 0.25) is 0 Å². The van der Waals surface area contributed by atoms with Crippen LogP contribution < -0.4 is 15.4 Å². The van der Waals surface area contributed by atoms with Gasteiger partial charge in [0.15, 0.2) is 0 Å². The SMILES string of the molecule is CCC1C(C)CC=C(CNc2cccc(C(=O)N[C@H](C)c3ccc(OCCCCCCOCCOCCOCCCCCC(=O)O)cc3)c2)N(C)C1c1ccncn1. The van der Waals surface area contributed by atoms with E-state index in [4.69, 9.17) is 24.1 Å². The molecule has 1 aliphatic rings. The number of likely N-dealkylation sites (N-methyl/N-ethyl adjacent to an activating group) is 1. The number of hydrogen-bond donors (Lipinski definition) is 3. The molecule has 0 aliphatic carbocycles. The smallest absolute Gasteiger partial charge is 0.303 e. The van der Waals surface area contributed by atoms with Crippen molar-refractivity contribution >= 4 is 17.6 Å². The summed E-state index contributed by atoms with van der Waals surface area (Å²) >= 11 is 0. The van der Waals surface area contributed by atoms with Crippen molar-refractivity contribution in [1.29, 1.82) is 0 Å². The molecular weight excluding hydrogens is 735 g/mol. The van der Waals surface area contributed by atoms with Crippen molar-refractivity contribution in [1.82, 2.24) is 20.2 Å². The van der Waals surface area contributed by atoms with E-state index in [2.05, 4.69) is 52.5 Å². The first kappa shape index (κ1) is 46.2. The number of rotatable bonds is 28. The molecule has 318 valence electrons. The Morgan fingerprint density at radius 1 is 0.879 bits per heavy atom. The Kier molecular flexibility index (Phi) is 21.1. The van der Waals surface area contributed by atoms with Gasteiger partial charge in [-0.2, -0.15) is 0 Å². The van der Waals surface area contributed by atoms with E-state index >= 15 is 0 Å². The number of amides is 1. The Balaban J connectivity index is 1.07. The first-order valence-corrected chi connectivity index (χ1v) is 21.3. The van der Waals surface area contributed by atoms with Gasteiger partial charge in [-0.05, 0) is 99.2 Å². The molecular formula is C46H67N5O7. The van der Waals surface area contributed by atoms with Crippen molar-refractivity contribution in [3.05, 3.63) is 95.7 Å². The van der Waals surface area contributed by atoms with Crippen LogP contribution in [0.5, 0.6) is 5.75 Å². The number of carboxylic acids is 1. The van der Waals surface area contributed by atoms with Gasteiger partial charge in [0, 0.05) is 49.8 Å². The molecule has 1 aliphatic heterocycles. The van der Waals surface area contributed by atoms with E-state index in [-0.39, 0.29) is 24.4 Å². The molecule has 3 N–H and O–H groups in total. The van der Waals surface area contributed by atoms with Crippen LogP contribution in [-0.2, 0) is 19.0 Å². The number of anilines is 1. The molecule has 0 fully saturated rings. The van der Waals surface area contributed by atoms with Gasteiger partial charge in [0.25, 0.3) is 5.91 Å². The number of allylic oxidation sites excluding steroid dienone is 1. The van der Waals surface area contributed by atoms with Gasteiger partial charge in [0.2, 0.25) is 0 Å². The first-order valence-electron chi connectivity index (χ1n) is 21.3. The minimum absolute atomic E-state index is 0.120. The van der Waals surface area contributed by atoms with Crippen LogP contribution in [0.3, 0.4) is 0 Å². The second kappa shape index (κ2) is 26.5. The molecule has 1 aromatic heterocycles. The number of hydrogen-bond acceptors (Lipinski definition) is 10. The number of nitrogens with one attached hydrogen (secondary N) is 2. The van der Waals surface area contributed by atoms with Crippen molar-refractivity contribution in [2.45, 2.75) is 97.1 Å². The predicted octanol–water partition coefficient (Wildman–Crippen LogP) is 8.64.